The van der Waals surface area contributed by atoms with Crippen molar-refractivity contribution in [3.05, 3.63) is 75.7 Å². The Morgan fingerprint density at radius 1 is 1.20 bits per heavy atom. The molecule has 0 aliphatic rings. The lowest BCUT2D eigenvalue weighted by atomic mass is 10.3. The molecule has 0 radical (unpaired) electrons. The number of carbonyl (C=O) groups excluding carboxylic acids is 1. The summed E-state index contributed by atoms with van der Waals surface area (Å²) in [4.78, 5) is 31.4. The molecule has 0 saturated carbocycles. The summed E-state index contributed by atoms with van der Waals surface area (Å²) in [6, 6.07) is 9.60. The Hall–Kier alpha value is -3.24. The number of aromatic amines is 1. The van der Waals surface area contributed by atoms with Gasteiger partial charge in [0.1, 0.15) is 17.0 Å². The molecule has 152 valence electrons. The van der Waals surface area contributed by atoms with Crippen LogP contribution in [0.15, 0.2) is 58.6 Å². The van der Waals surface area contributed by atoms with Gasteiger partial charge in [-0.3, -0.25) is 9.59 Å². The van der Waals surface area contributed by atoms with E-state index >= 15 is 0 Å². The zero-order valence-electron chi connectivity index (χ0n) is 15.0. The number of nitrogens with zero attached hydrogens (tertiary/aromatic N) is 3. The normalized spacial score (nSPS) is 11.0. The van der Waals surface area contributed by atoms with Gasteiger partial charge < -0.3 is 10.3 Å². The molecule has 0 aliphatic carbocycles. The zero-order valence-corrected chi connectivity index (χ0v) is 16.6. The van der Waals surface area contributed by atoms with Gasteiger partial charge in [-0.15, -0.1) is 0 Å². The summed E-state index contributed by atoms with van der Waals surface area (Å²) in [5.74, 6) is -2.26. The van der Waals surface area contributed by atoms with Crippen LogP contribution < -0.4 is 10.9 Å². The molecule has 2 N–H and O–H groups in total. The van der Waals surface area contributed by atoms with Crippen LogP contribution in [-0.2, 0) is 4.79 Å². The lowest BCUT2D eigenvalue weighted by molar-refractivity contribution is -0.113. The van der Waals surface area contributed by atoms with Crippen molar-refractivity contribution in [1.82, 2.24) is 19.7 Å². The number of halogens is 3. The molecule has 2 aromatic carbocycles. The Morgan fingerprint density at radius 3 is 2.70 bits per heavy atom. The maximum absolute atomic E-state index is 13.2. The number of nitrogens with one attached hydrogen (secondary N) is 2. The monoisotopic (exact) mass is 447 g/mol. The molecule has 0 spiro atoms. The van der Waals surface area contributed by atoms with Gasteiger partial charge in [-0.1, -0.05) is 29.4 Å². The van der Waals surface area contributed by atoms with Crippen molar-refractivity contribution in [1.29, 1.82) is 0 Å². The summed E-state index contributed by atoms with van der Waals surface area (Å²) in [5.41, 5.74) is 0.506. The molecule has 0 fully saturated rings. The minimum atomic E-state index is -0.802. The second-order valence-electron chi connectivity index (χ2n) is 6.14. The maximum atomic E-state index is 13.2. The third-order valence-corrected chi connectivity index (χ3v) is 5.06. The quantitative estimate of drug-likeness (QED) is 0.359. The summed E-state index contributed by atoms with van der Waals surface area (Å²) in [7, 11) is 0. The molecule has 4 aromatic rings. The molecule has 0 bridgehead atoms. The number of benzene rings is 2. The standard InChI is InChI=1S/C19H12ClF2N5O2S/c20-10-2-1-3-14(4-10)27-17-15(8-23-27)18(29)26-19(25-17)30-9-16(28)24-13-6-11(21)5-12(22)7-13/h1-8H,9H2,(H,24,28)(H,25,26,29). The Balaban J connectivity index is 1.55. The molecule has 30 heavy (non-hydrogen) atoms. The highest BCUT2D eigenvalue weighted by atomic mass is 35.5. The van der Waals surface area contributed by atoms with E-state index in [0.717, 1.165) is 23.9 Å². The van der Waals surface area contributed by atoms with Crippen LogP contribution in [0.3, 0.4) is 0 Å². The van der Waals surface area contributed by atoms with Crippen LogP contribution in [0.5, 0.6) is 0 Å². The molecule has 1 amide bonds. The third-order valence-electron chi connectivity index (χ3n) is 3.96. The molecule has 0 unspecified atom stereocenters. The van der Waals surface area contributed by atoms with Crippen LogP contribution in [0.2, 0.25) is 5.02 Å². The lowest BCUT2D eigenvalue weighted by Gasteiger charge is -2.06. The summed E-state index contributed by atoms with van der Waals surface area (Å²) in [5, 5.41) is 7.55. The number of aromatic nitrogens is 4. The second kappa shape index (κ2) is 8.25. The fourth-order valence-electron chi connectivity index (χ4n) is 2.72. The van der Waals surface area contributed by atoms with E-state index in [2.05, 4.69) is 20.4 Å². The van der Waals surface area contributed by atoms with Crippen molar-refractivity contribution in [2.75, 3.05) is 11.1 Å². The van der Waals surface area contributed by atoms with E-state index in [1.807, 2.05) is 0 Å². The summed E-state index contributed by atoms with van der Waals surface area (Å²) < 4.78 is 27.9. The van der Waals surface area contributed by atoms with E-state index in [0.29, 0.717) is 22.4 Å². The number of anilines is 1. The van der Waals surface area contributed by atoms with Crippen LogP contribution in [0.4, 0.5) is 14.5 Å². The molecular weight excluding hydrogens is 436 g/mol. The predicted molar refractivity (Wildman–Crippen MR) is 110 cm³/mol. The fraction of sp³-hybridized carbons (Fsp3) is 0.0526. The first-order chi connectivity index (χ1) is 14.4. The Labute approximate surface area is 177 Å². The van der Waals surface area contributed by atoms with Gasteiger partial charge in [0.2, 0.25) is 5.91 Å². The van der Waals surface area contributed by atoms with Crippen molar-refractivity contribution in [2.45, 2.75) is 5.16 Å². The van der Waals surface area contributed by atoms with Crippen LogP contribution in [0.25, 0.3) is 16.7 Å². The largest absolute Gasteiger partial charge is 0.325 e. The zero-order chi connectivity index (χ0) is 21.3. The number of rotatable bonds is 5. The Kier molecular flexibility index (Phi) is 5.51. The SMILES string of the molecule is O=C(CSc1nc2c(cnn2-c2cccc(Cl)c2)c(=O)[nH]1)Nc1cc(F)cc(F)c1. The minimum Gasteiger partial charge on any atom is -0.325 e. The van der Waals surface area contributed by atoms with E-state index in [1.54, 1.807) is 24.3 Å². The highest BCUT2D eigenvalue weighted by Crippen LogP contribution is 2.20. The summed E-state index contributed by atoms with van der Waals surface area (Å²) >= 11 is 6.98. The van der Waals surface area contributed by atoms with Crippen molar-refractivity contribution >= 4 is 46.0 Å². The van der Waals surface area contributed by atoms with Crippen LogP contribution in [0.1, 0.15) is 0 Å². The van der Waals surface area contributed by atoms with Gasteiger partial charge in [-0.25, -0.2) is 18.4 Å². The van der Waals surface area contributed by atoms with Gasteiger partial charge >= 0.3 is 0 Å². The molecule has 0 atom stereocenters. The van der Waals surface area contributed by atoms with Crippen LogP contribution in [-0.4, -0.2) is 31.4 Å². The maximum Gasteiger partial charge on any atom is 0.262 e. The number of carbonyl (C=O) groups is 1. The topological polar surface area (TPSA) is 92.7 Å². The molecule has 2 aromatic heterocycles. The van der Waals surface area contributed by atoms with Crippen molar-refractivity contribution < 1.29 is 13.6 Å². The highest BCUT2D eigenvalue weighted by Gasteiger charge is 2.13. The number of hydrogen-bond acceptors (Lipinski definition) is 5. The molecule has 0 aliphatic heterocycles. The van der Waals surface area contributed by atoms with Gasteiger partial charge in [0.15, 0.2) is 10.8 Å². The van der Waals surface area contributed by atoms with E-state index in [1.165, 1.54) is 10.9 Å². The molecule has 2 heterocycles. The average Bonchev–Trinajstić information content (AvgIpc) is 3.10. The van der Waals surface area contributed by atoms with Gasteiger partial charge in [0.05, 0.1) is 17.6 Å². The van der Waals surface area contributed by atoms with Gasteiger partial charge in [-0.05, 0) is 30.3 Å². The first-order valence-corrected chi connectivity index (χ1v) is 9.88. The van der Waals surface area contributed by atoms with Crippen LogP contribution in [0, 0.1) is 11.6 Å². The number of hydrogen-bond donors (Lipinski definition) is 2. The molecule has 11 heteroatoms. The lowest BCUT2D eigenvalue weighted by Crippen LogP contribution is -2.16. The highest BCUT2D eigenvalue weighted by molar-refractivity contribution is 7.99. The average molecular weight is 448 g/mol. The molecular formula is C19H12ClF2N5O2S. The number of fused-ring (bicyclic) bond motifs is 1. The van der Waals surface area contributed by atoms with Crippen LogP contribution >= 0.6 is 23.4 Å². The van der Waals surface area contributed by atoms with Crippen molar-refractivity contribution in [3.63, 3.8) is 0 Å². The number of H-pyrrole nitrogens is 1. The van der Waals surface area contributed by atoms with Crippen molar-refractivity contribution in [3.8, 4) is 5.69 Å². The van der Waals surface area contributed by atoms with E-state index < -0.39 is 23.1 Å². The predicted octanol–water partition coefficient (Wildman–Crippen LogP) is 3.77. The summed E-state index contributed by atoms with van der Waals surface area (Å²) in [6.07, 6.45) is 1.39. The first-order valence-electron chi connectivity index (χ1n) is 8.52. The Morgan fingerprint density at radius 2 is 1.97 bits per heavy atom. The van der Waals surface area contributed by atoms with Gasteiger partial charge in [0.25, 0.3) is 5.56 Å². The number of thioether (sulfide) groups is 1. The second-order valence-corrected chi connectivity index (χ2v) is 7.54. The third kappa shape index (κ3) is 4.34. The van der Waals surface area contributed by atoms with E-state index in [4.69, 9.17) is 11.6 Å². The smallest absolute Gasteiger partial charge is 0.262 e. The summed E-state index contributed by atoms with van der Waals surface area (Å²) in [6.45, 7) is 0. The Bertz CT molecular complexity index is 1300. The molecule has 4 rings (SSSR count). The minimum absolute atomic E-state index is 0.00552. The van der Waals surface area contributed by atoms with E-state index in [-0.39, 0.29) is 22.0 Å². The number of amides is 1. The fourth-order valence-corrected chi connectivity index (χ4v) is 3.56. The molecule has 7 nitrogen and oxygen atoms in total. The van der Waals surface area contributed by atoms with Gasteiger partial charge in [0, 0.05) is 16.8 Å². The van der Waals surface area contributed by atoms with Crippen molar-refractivity contribution in [2.24, 2.45) is 0 Å². The van der Waals surface area contributed by atoms with Gasteiger partial charge in [-0.2, -0.15) is 5.10 Å². The first kappa shape index (κ1) is 20.0. The van der Waals surface area contributed by atoms with E-state index in [9.17, 15) is 18.4 Å². The molecule has 0 saturated heterocycles.